The van der Waals surface area contributed by atoms with Crippen LogP contribution in [0.4, 0.5) is 0 Å². The highest BCUT2D eigenvalue weighted by atomic mass is 16.5. The van der Waals surface area contributed by atoms with Gasteiger partial charge in [0.15, 0.2) is 0 Å². The van der Waals surface area contributed by atoms with Gasteiger partial charge in [0, 0.05) is 50.8 Å². The summed E-state index contributed by atoms with van der Waals surface area (Å²) in [4.78, 5) is 5.20. The summed E-state index contributed by atoms with van der Waals surface area (Å²) >= 11 is 0. The summed E-state index contributed by atoms with van der Waals surface area (Å²) in [7, 11) is 2.27. The van der Waals surface area contributed by atoms with Crippen molar-refractivity contribution >= 4 is 0 Å². The molecule has 2 aliphatic rings. The predicted molar refractivity (Wildman–Crippen MR) is 88.7 cm³/mol. The van der Waals surface area contributed by atoms with E-state index in [1.807, 2.05) is 0 Å². The molecule has 0 bridgehead atoms. The Kier molecular flexibility index (Phi) is 6.48. The number of hydrogen-bond donors (Lipinski definition) is 1. The zero-order chi connectivity index (χ0) is 15.3. The number of likely N-dealkylation sites (N-methyl/N-ethyl adjacent to an activating group) is 1. The highest BCUT2D eigenvalue weighted by Gasteiger charge is 2.37. The molecule has 0 aromatic heterocycles. The Balaban J connectivity index is 1.87. The Hall–Kier alpha value is -0.160. The first-order valence-corrected chi connectivity index (χ1v) is 8.76. The molecule has 0 aromatic carbocycles. The van der Waals surface area contributed by atoms with E-state index in [1.54, 1.807) is 0 Å². The van der Waals surface area contributed by atoms with E-state index in [-0.39, 0.29) is 0 Å². The fourth-order valence-corrected chi connectivity index (χ4v) is 3.66. The Morgan fingerprint density at radius 2 is 2.14 bits per heavy atom. The average Bonchev–Trinajstić information content (AvgIpc) is 2.89. The number of piperazine rings is 1. The van der Waals surface area contributed by atoms with Gasteiger partial charge in [-0.05, 0) is 32.4 Å². The Morgan fingerprint density at radius 3 is 2.76 bits per heavy atom. The molecule has 21 heavy (non-hydrogen) atoms. The summed E-state index contributed by atoms with van der Waals surface area (Å²) in [6.07, 6.45) is 2.46. The average molecular weight is 297 g/mol. The normalized spacial score (nSPS) is 32.1. The third-order valence-corrected chi connectivity index (χ3v) is 5.13. The number of nitrogens with zero attached hydrogens (tertiary/aromatic N) is 2. The molecule has 0 saturated carbocycles. The van der Waals surface area contributed by atoms with Crippen molar-refractivity contribution in [3.8, 4) is 0 Å². The zero-order valence-corrected chi connectivity index (χ0v) is 14.5. The van der Waals surface area contributed by atoms with Crippen LogP contribution < -0.4 is 5.32 Å². The highest BCUT2D eigenvalue weighted by molar-refractivity contribution is 4.91. The first-order chi connectivity index (χ1) is 10.0. The van der Waals surface area contributed by atoms with Crippen LogP contribution in [0.15, 0.2) is 0 Å². The smallest absolute Gasteiger partial charge is 0.0547 e. The van der Waals surface area contributed by atoms with Gasteiger partial charge in [-0.15, -0.1) is 0 Å². The summed E-state index contributed by atoms with van der Waals surface area (Å²) < 4.78 is 5.76. The van der Waals surface area contributed by atoms with E-state index in [0.29, 0.717) is 5.41 Å². The molecule has 0 radical (unpaired) electrons. The van der Waals surface area contributed by atoms with Crippen molar-refractivity contribution in [2.24, 2.45) is 11.3 Å². The topological polar surface area (TPSA) is 27.7 Å². The molecule has 2 atom stereocenters. The first kappa shape index (κ1) is 17.2. The third kappa shape index (κ3) is 4.92. The Bertz CT molecular complexity index is 302. The number of ether oxygens (including phenoxy) is 1. The van der Waals surface area contributed by atoms with Crippen molar-refractivity contribution < 1.29 is 4.74 Å². The van der Waals surface area contributed by atoms with E-state index < -0.39 is 0 Å². The van der Waals surface area contributed by atoms with Crippen LogP contribution in [-0.2, 0) is 4.74 Å². The summed E-state index contributed by atoms with van der Waals surface area (Å²) in [5.41, 5.74) is 0.336. The van der Waals surface area contributed by atoms with E-state index in [4.69, 9.17) is 4.74 Å². The van der Waals surface area contributed by atoms with E-state index in [1.165, 1.54) is 39.0 Å². The van der Waals surface area contributed by atoms with Crippen molar-refractivity contribution in [3.05, 3.63) is 0 Å². The van der Waals surface area contributed by atoms with Crippen molar-refractivity contribution in [2.45, 2.75) is 39.7 Å². The molecule has 1 N–H and O–H groups in total. The lowest BCUT2D eigenvalue weighted by Gasteiger charge is -2.43. The van der Waals surface area contributed by atoms with E-state index in [9.17, 15) is 0 Å². The maximum atomic E-state index is 5.76. The number of hydrogen-bond acceptors (Lipinski definition) is 4. The fraction of sp³-hybridized carbons (Fsp3) is 1.00. The van der Waals surface area contributed by atoms with Gasteiger partial charge in [-0.1, -0.05) is 20.8 Å². The van der Waals surface area contributed by atoms with Crippen molar-refractivity contribution in [2.75, 3.05) is 59.5 Å². The standard InChI is InChI=1S/C17H35N3O/c1-5-16-11-20(8-7-19(16)4)13-17(6-9-21-14-17)12-18-10-15(2)3/h15-16,18H,5-14H2,1-4H3. The lowest BCUT2D eigenvalue weighted by molar-refractivity contribution is 0.0488. The lowest BCUT2D eigenvalue weighted by atomic mass is 9.85. The molecule has 4 nitrogen and oxygen atoms in total. The molecule has 2 unspecified atom stereocenters. The van der Waals surface area contributed by atoms with E-state index >= 15 is 0 Å². The highest BCUT2D eigenvalue weighted by Crippen LogP contribution is 2.30. The van der Waals surface area contributed by atoms with Gasteiger partial charge in [0.05, 0.1) is 6.61 Å². The quantitative estimate of drug-likeness (QED) is 0.773. The van der Waals surface area contributed by atoms with Gasteiger partial charge in [0.1, 0.15) is 0 Å². The van der Waals surface area contributed by atoms with Crippen LogP contribution in [0, 0.1) is 11.3 Å². The second-order valence-electron chi connectivity index (χ2n) is 7.61. The molecule has 0 aromatic rings. The molecule has 0 spiro atoms. The van der Waals surface area contributed by atoms with Gasteiger partial charge >= 0.3 is 0 Å². The molecule has 2 rings (SSSR count). The number of rotatable bonds is 7. The second kappa shape index (κ2) is 7.91. The first-order valence-electron chi connectivity index (χ1n) is 8.76. The minimum Gasteiger partial charge on any atom is -0.381 e. The number of nitrogens with one attached hydrogen (secondary N) is 1. The molecular weight excluding hydrogens is 262 g/mol. The van der Waals surface area contributed by atoms with Crippen LogP contribution in [0.1, 0.15) is 33.6 Å². The maximum absolute atomic E-state index is 5.76. The van der Waals surface area contributed by atoms with E-state index in [2.05, 4.69) is 42.9 Å². The fourth-order valence-electron chi connectivity index (χ4n) is 3.66. The maximum Gasteiger partial charge on any atom is 0.0547 e. The molecule has 2 saturated heterocycles. The van der Waals surface area contributed by atoms with Gasteiger partial charge in [-0.3, -0.25) is 4.90 Å². The second-order valence-corrected chi connectivity index (χ2v) is 7.61. The lowest BCUT2D eigenvalue weighted by Crippen LogP contribution is -2.55. The van der Waals surface area contributed by atoms with Gasteiger partial charge < -0.3 is 15.0 Å². The summed E-state index contributed by atoms with van der Waals surface area (Å²) in [6, 6.07) is 0.724. The van der Waals surface area contributed by atoms with Crippen LogP contribution in [-0.4, -0.2) is 75.4 Å². The van der Waals surface area contributed by atoms with Crippen molar-refractivity contribution in [3.63, 3.8) is 0 Å². The van der Waals surface area contributed by atoms with Crippen LogP contribution in [0.5, 0.6) is 0 Å². The van der Waals surface area contributed by atoms with E-state index in [0.717, 1.165) is 38.3 Å². The van der Waals surface area contributed by atoms with Gasteiger partial charge in [0.2, 0.25) is 0 Å². The summed E-state index contributed by atoms with van der Waals surface area (Å²) in [6.45, 7) is 15.8. The van der Waals surface area contributed by atoms with Crippen LogP contribution in [0.3, 0.4) is 0 Å². The van der Waals surface area contributed by atoms with Crippen molar-refractivity contribution in [1.29, 1.82) is 0 Å². The van der Waals surface area contributed by atoms with Crippen LogP contribution >= 0.6 is 0 Å². The molecule has 4 heteroatoms. The van der Waals surface area contributed by atoms with Crippen molar-refractivity contribution in [1.82, 2.24) is 15.1 Å². The van der Waals surface area contributed by atoms with Crippen LogP contribution in [0.25, 0.3) is 0 Å². The Labute approximate surface area is 131 Å². The molecule has 0 amide bonds. The van der Waals surface area contributed by atoms with Gasteiger partial charge in [-0.2, -0.15) is 0 Å². The molecule has 0 aliphatic carbocycles. The third-order valence-electron chi connectivity index (χ3n) is 5.13. The summed E-state index contributed by atoms with van der Waals surface area (Å²) in [5, 5.41) is 3.67. The largest absolute Gasteiger partial charge is 0.381 e. The Morgan fingerprint density at radius 1 is 1.33 bits per heavy atom. The minimum absolute atomic E-state index is 0.336. The molecule has 2 fully saturated rings. The SMILES string of the molecule is CCC1CN(CC2(CNCC(C)C)CCOC2)CCN1C. The predicted octanol–water partition coefficient (Wildman–Crippen LogP) is 1.66. The monoisotopic (exact) mass is 297 g/mol. The van der Waals surface area contributed by atoms with Crippen LogP contribution in [0.2, 0.25) is 0 Å². The molecular formula is C17H35N3O. The molecule has 2 aliphatic heterocycles. The summed E-state index contributed by atoms with van der Waals surface area (Å²) in [5.74, 6) is 0.720. The van der Waals surface area contributed by atoms with Gasteiger partial charge in [-0.25, -0.2) is 0 Å². The van der Waals surface area contributed by atoms with Gasteiger partial charge in [0.25, 0.3) is 0 Å². The molecule has 124 valence electrons. The molecule has 2 heterocycles. The zero-order valence-electron chi connectivity index (χ0n) is 14.5. The minimum atomic E-state index is 0.336.